The number of nitrogens with zero attached hydrogens (tertiary/aromatic N) is 2. The molecule has 0 fully saturated rings. The van der Waals surface area contributed by atoms with Crippen LogP contribution in [0.3, 0.4) is 0 Å². The van der Waals surface area contributed by atoms with Gasteiger partial charge in [-0.25, -0.2) is 0 Å². The zero-order valence-electron chi connectivity index (χ0n) is 13.3. The third kappa shape index (κ3) is 2.23. The minimum Gasteiger partial charge on any atom is -0.292 e. The third-order valence-electron chi connectivity index (χ3n) is 4.28. The van der Waals surface area contributed by atoms with Gasteiger partial charge in [0.2, 0.25) is 0 Å². The molecule has 2 nitrogen and oxygen atoms in total. The third-order valence-corrected chi connectivity index (χ3v) is 4.28. The minimum atomic E-state index is 1.16. The van der Waals surface area contributed by atoms with Gasteiger partial charge in [0.15, 0.2) is 0 Å². The predicted octanol–water partition coefficient (Wildman–Crippen LogP) is 4.32. The number of aryl methyl sites for hydroxylation is 2. The van der Waals surface area contributed by atoms with Crippen molar-refractivity contribution < 1.29 is 4.57 Å². The summed E-state index contributed by atoms with van der Waals surface area (Å²) in [5, 5.41) is 0. The van der Waals surface area contributed by atoms with Crippen molar-refractivity contribution in [1.82, 2.24) is 4.57 Å². The molecule has 0 N–H and O–H groups in total. The number of fused-ring (bicyclic) bond motifs is 1. The van der Waals surface area contributed by atoms with Gasteiger partial charge in [-0.1, -0.05) is 60.7 Å². The molecule has 0 bridgehead atoms. The van der Waals surface area contributed by atoms with Crippen LogP contribution in [0.15, 0.2) is 72.8 Å². The van der Waals surface area contributed by atoms with Gasteiger partial charge in [-0.2, -0.15) is 0 Å². The summed E-state index contributed by atoms with van der Waals surface area (Å²) in [4.78, 5) is 0. The van der Waals surface area contributed by atoms with Crippen molar-refractivity contribution in [2.45, 2.75) is 13.8 Å². The molecule has 3 aromatic carbocycles. The lowest BCUT2D eigenvalue weighted by Crippen LogP contribution is -2.30. The second-order valence-corrected chi connectivity index (χ2v) is 5.83. The lowest BCUT2D eigenvalue weighted by Gasteiger charge is -2.06. The van der Waals surface area contributed by atoms with Gasteiger partial charge < -0.3 is 0 Å². The number of hydrogen-bond acceptors (Lipinski definition) is 0. The highest BCUT2D eigenvalue weighted by Gasteiger charge is 2.13. The fourth-order valence-electron chi connectivity index (χ4n) is 3.05. The molecule has 2 heteroatoms. The highest BCUT2D eigenvalue weighted by Crippen LogP contribution is 2.21. The maximum atomic E-state index is 3.54. The van der Waals surface area contributed by atoms with Gasteiger partial charge >= 0.3 is 0 Å². The van der Waals surface area contributed by atoms with Crippen LogP contribution < -0.4 is 4.57 Å². The molecule has 0 saturated carbocycles. The molecule has 0 unspecified atom stereocenters. The van der Waals surface area contributed by atoms with Crippen molar-refractivity contribution >= 4 is 11.0 Å². The van der Waals surface area contributed by atoms with Gasteiger partial charge in [-0.05, 0) is 37.1 Å². The van der Waals surface area contributed by atoms with E-state index in [4.69, 9.17) is 0 Å². The summed E-state index contributed by atoms with van der Waals surface area (Å²) in [6.07, 6.45) is 3.54. The largest absolute Gasteiger partial charge is 0.292 e. The minimum absolute atomic E-state index is 1.16. The van der Waals surface area contributed by atoms with E-state index < -0.39 is 0 Å². The molecule has 4 aromatic rings. The van der Waals surface area contributed by atoms with Crippen molar-refractivity contribution in [3.05, 3.63) is 90.3 Å². The van der Waals surface area contributed by atoms with Crippen LogP contribution in [0.5, 0.6) is 0 Å². The molecule has 0 spiro atoms. The fraction of sp³-hybridized carbons (Fsp3) is 0.0952. The molecule has 4 rings (SSSR count). The van der Waals surface area contributed by atoms with Crippen LogP contribution in [0.25, 0.3) is 22.4 Å². The molecular weight excluding hydrogens is 280 g/mol. The van der Waals surface area contributed by atoms with Crippen molar-refractivity contribution in [1.29, 1.82) is 0 Å². The lowest BCUT2D eigenvalue weighted by atomic mass is 10.2. The van der Waals surface area contributed by atoms with Gasteiger partial charge in [-0.3, -0.25) is 9.13 Å². The number of para-hydroxylation sites is 4. The number of imidazole rings is 1. The summed E-state index contributed by atoms with van der Waals surface area (Å²) in [5.74, 6) is 0. The molecule has 0 amide bonds. The normalized spacial score (nSPS) is 11.0. The molecule has 23 heavy (non-hydrogen) atoms. The summed E-state index contributed by atoms with van der Waals surface area (Å²) in [5.41, 5.74) is 7.12. The Hall–Kier alpha value is -2.87. The van der Waals surface area contributed by atoms with Crippen LogP contribution in [0.2, 0.25) is 0 Å². The summed E-state index contributed by atoms with van der Waals surface area (Å²) >= 11 is 0. The van der Waals surface area contributed by atoms with E-state index in [1.807, 2.05) is 0 Å². The van der Waals surface area contributed by atoms with Gasteiger partial charge in [0.05, 0.1) is 22.4 Å². The molecule has 0 radical (unpaired) electrons. The average Bonchev–Trinajstić information content (AvgIpc) is 2.95. The van der Waals surface area contributed by atoms with Crippen molar-refractivity contribution in [3.8, 4) is 11.4 Å². The first-order chi connectivity index (χ1) is 11.3. The van der Waals surface area contributed by atoms with E-state index in [-0.39, 0.29) is 0 Å². The zero-order chi connectivity index (χ0) is 15.8. The van der Waals surface area contributed by atoms with Gasteiger partial charge in [0.1, 0.15) is 0 Å². The molecule has 0 aliphatic heterocycles. The molecule has 112 valence electrons. The summed E-state index contributed by atoms with van der Waals surface area (Å²) in [6.45, 7) is 4.27. The van der Waals surface area contributed by atoms with Crippen LogP contribution in [-0.4, -0.2) is 4.57 Å². The van der Waals surface area contributed by atoms with Crippen molar-refractivity contribution in [2.24, 2.45) is 0 Å². The summed E-state index contributed by atoms with van der Waals surface area (Å²) < 4.78 is 4.30. The smallest absolute Gasteiger partial charge is 0.269 e. The van der Waals surface area contributed by atoms with Crippen LogP contribution in [0, 0.1) is 20.2 Å². The van der Waals surface area contributed by atoms with E-state index in [0.29, 0.717) is 0 Å². The predicted molar refractivity (Wildman–Crippen MR) is 93.1 cm³/mol. The summed E-state index contributed by atoms with van der Waals surface area (Å²) in [6, 6.07) is 25.3. The van der Waals surface area contributed by atoms with E-state index >= 15 is 0 Å². The fourth-order valence-corrected chi connectivity index (χ4v) is 3.05. The Morgan fingerprint density at radius 3 is 2.17 bits per heavy atom. The van der Waals surface area contributed by atoms with E-state index in [1.165, 1.54) is 11.1 Å². The molecule has 1 heterocycles. The van der Waals surface area contributed by atoms with Crippen LogP contribution in [0.1, 0.15) is 11.1 Å². The van der Waals surface area contributed by atoms with Gasteiger partial charge in [0.25, 0.3) is 6.33 Å². The van der Waals surface area contributed by atoms with Crippen LogP contribution in [0.4, 0.5) is 0 Å². The maximum Gasteiger partial charge on any atom is 0.269 e. The SMILES string of the molecule is Cc1ccccc1-n1[c-][n+](-c2ccccc2C)c2ccccc21. The number of aromatic nitrogens is 2. The van der Waals surface area contributed by atoms with E-state index in [1.54, 1.807) is 0 Å². The van der Waals surface area contributed by atoms with Crippen molar-refractivity contribution in [2.75, 3.05) is 0 Å². The lowest BCUT2D eigenvalue weighted by molar-refractivity contribution is -0.573. The van der Waals surface area contributed by atoms with Gasteiger partial charge in [-0.15, -0.1) is 0 Å². The monoisotopic (exact) mass is 298 g/mol. The Bertz CT molecular complexity index is 916. The first-order valence-corrected chi connectivity index (χ1v) is 7.82. The molecule has 1 aromatic heterocycles. The number of benzene rings is 3. The van der Waals surface area contributed by atoms with E-state index in [2.05, 4.69) is 102 Å². The molecular formula is C21H18N2. The number of rotatable bonds is 2. The Labute approximate surface area is 136 Å². The highest BCUT2D eigenvalue weighted by atomic mass is 15.1. The first kappa shape index (κ1) is 13.8. The Morgan fingerprint density at radius 1 is 0.739 bits per heavy atom. The second-order valence-electron chi connectivity index (χ2n) is 5.83. The van der Waals surface area contributed by atoms with Crippen LogP contribution in [-0.2, 0) is 0 Å². The molecule has 0 aliphatic carbocycles. The summed E-state index contributed by atoms with van der Waals surface area (Å²) in [7, 11) is 0. The Kier molecular flexibility index (Phi) is 3.23. The van der Waals surface area contributed by atoms with Crippen molar-refractivity contribution in [3.63, 3.8) is 0 Å². The van der Waals surface area contributed by atoms with Crippen LogP contribution >= 0.6 is 0 Å². The standard InChI is InChI=1S/C21H18N2/c1-16-9-3-5-11-18(16)22-15-23(19-12-6-4-10-17(19)2)21-14-8-7-13-20(21)22/h3-14H,1-2H3. The average molecular weight is 298 g/mol. The topological polar surface area (TPSA) is 8.81 Å². The highest BCUT2D eigenvalue weighted by molar-refractivity contribution is 5.75. The van der Waals surface area contributed by atoms with E-state index in [0.717, 1.165) is 22.4 Å². The Morgan fingerprint density at radius 2 is 1.39 bits per heavy atom. The first-order valence-electron chi connectivity index (χ1n) is 7.82. The molecule has 0 aliphatic rings. The van der Waals surface area contributed by atoms with Gasteiger partial charge in [0, 0.05) is 0 Å². The molecule has 0 saturated heterocycles. The van der Waals surface area contributed by atoms with E-state index in [9.17, 15) is 0 Å². The number of hydrogen-bond donors (Lipinski definition) is 0. The second kappa shape index (κ2) is 5.40. The molecule has 0 atom stereocenters. The Balaban J connectivity index is 2.06. The quantitative estimate of drug-likeness (QED) is 0.385. The maximum absolute atomic E-state index is 3.54. The zero-order valence-corrected chi connectivity index (χ0v) is 13.3.